The Labute approximate surface area is 133 Å². The van der Waals surface area contributed by atoms with Crippen LogP contribution in [0.4, 0.5) is 15.8 Å². The lowest BCUT2D eigenvalue weighted by Gasteiger charge is -2.15. The molecule has 0 heterocycles. The fraction of sp³-hybridized carbons (Fsp3) is 0.133. The van der Waals surface area contributed by atoms with Crippen molar-refractivity contribution in [1.29, 1.82) is 0 Å². The highest BCUT2D eigenvalue weighted by atomic mass is 35.5. The highest BCUT2D eigenvalue weighted by molar-refractivity contribution is 7.80. The van der Waals surface area contributed by atoms with Gasteiger partial charge in [0, 0.05) is 0 Å². The highest BCUT2D eigenvalue weighted by Crippen LogP contribution is 2.27. The third-order valence-electron chi connectivity index (χ3n) is 2.83. The van der Waals surface area contributed by atoms with E-state index in [0.717, 1.165) is 16.8 Å². The second-order valence-electron chi connectivity index (χ2n) is 4.65. The van der Waals surface area contributed by atoms with E-state index in [-0.39, 0.29) is 5.82 Å². The van der Waals surface area contributed by atoms with Crippen LogP contribution in [-0.4, -0.2) is 5.11 Å². The van der Waals surface area contributed by atoms with Gasteiger partial charge in [0.1, 0.15) is 5.82 Å². The molecule has 0 bridgehead atoms. The van der Waals surface area contributed by atoms with E-state index in [1.54, 1.807) is 12.1 Å². The first-order valence-electron chi connectivity index (χ1n) is 6.31. The molecule has 21 heavy (non-hydrogen) atoms. The largest absolute Gasteiger partial charge is 0.330 e. The normalized spacial score (nSPS) is 10.1. The molecular formula is C15H15ClFN3S. The van der Waals surface area contributed by atoms with E-state index in [9.17, 15) is 4.39 Å². The number of benzene rings is 2. The van der Waals surface area contributed by atoms with Crippen LogP contribution in [0.25, 0.3) is 0 Å². The van der Waals surface area contributed by atoms with Gasteiger partial charge in [-0.15, -0.1) is 0 Å². The number of hydrogen-bond donors (Lipinski definition) is 3. The molecule has 6 heteroatoms. The van der Waals surface area contributed by atoms with E-state index in [1.165, 1.54) is 12.1 Å². The summed E-state index contributed by atoms with van der Waals surface area (Å²) in [6, 6.07) is 9.82. The average molecular weight is 324 g/mol. The standard InChI is InChI=1S/C15H15ClFN3S/c1-9-7-10(2)14(13(16)8-9)18-15(21)20-19-12-5-3-11(17)4-6-12/h3-8,19H,1-2H3,(H2,18,20,21). The van der Waals surface area contributed by atoms with Gasteiger partial charge in [0.2, 0.25) is 0 Å². The minimum atomic E-state index is -0.289. The van der Waals surface area contributed by atoms with Crippen molar-refractivity contribution in [3.05, 3.63) is 58.4 Å². The maximum Gasteiger partial charge on any atom is 0.189 e. The van der Waals surface area contributed by atoms with Crippen LogP contribution in [0.15, 0.2) is 36.4 Å². The summed E-state index contributed by atoms with van der Waals surface area (Å²) in [4.78, 5) is 0. The van der Waals surface area contributed by atoms with Crippen molar-refractivity contribution in [3.8, 4) is 0 Å². The van der Waals surface area contributed by atoms with Crippen molar-refractivity contribution in [1.82, 2.24) is 5.43 Å². The van der Waals surface area contributed by atoms with Gasteiger partial charge in [0.05, 0.1) is 16.4 Å². The molecule has 0 atom stereocenters. The van der Waals surface area contributed by atoms with E-state index in [2.05, 4.69) is 16.2 Å². The Morgan fingerprint density at radius 2 is 1.81 bits per heavy atom. The minimum absolute atomic E-state index is 0.289. The number of hydrazine groups is 1. The monoisotopic (exact) mass is 323 g/mol. The molecule has 0 radical (unpaired) electrons. The van der Waals surface area contributed by atoms with E-state index in [4.69, 9.17) is 23.8 Å². The van der Waals surface area contributed by atoms with Crippen molar-refractivity contribution < 1.29 is 4.39 Å². The third-order valence-corrected chi connectivity index (χ3v) is 3.34. The molecule has 2 aromatic carbocycles. The average Bonchev–Trinajstić information content (AvgIpc) is 2.42. The quantitative estimate of drug-likeness (QED) is 0.577. The molecule has 0 aliphatic heterocycles. The fourth-order valence-electron chi connectivity index (χ4n) is 1.88. The maximum absolute atomic E-state index is 12.8. The van der Waals surface area contributed by atoms with Gasteiger partial charge in [0.15, 0.2) is 5.11 Å². The molecule has 3 N–H and O–H groups in total. The van der Waals surface area contributed by atoms with Crippen molar-refractivity contribution in [2.45, 2.75) is 13.8 Å². The van der Waals surface area contributed by atoms with Gasteiger partial charge in [-0.1, -0.05) is 17.7 Å². The minimum Gasteiger partial charge on any atom is -0.330 e. The van der Waals surface area contributed by atoms with Gasteiger partial charge in [-0.2, -0.15) is 0 Å². The zero-order valence-electron chi connectivity index (χ0n) is 11.6. The molecular weight excluding hydrogens is 309 g/mol. The molecule has 3 nitrogen and oxygen atoms in total. The number of thiocarbonyl (C=S) groups is 1. The Hall–Kier alpha value is -1.85. The number of hydrogen-bond acceptors (Lipinski definition) is 2. The smallest absolute Gasteiger partial charge is 0.189 e. The van der Waals surface area contributed by atoms with Crippen molar-refractivity contribution in [3.63, 3.8) is 0 Å². The second kappa shape index (κ2) is 6.74. The van der Waals surface area contributed by atoms with Crippen molar-refractivity contribution in [2.75, 3.05) is 10.7 Å². The van der Waals surface area contributed by atoms with Crippen LogP contribution in [0.5, 0.6) is 0 Å². The van der Waals surface area contributed by atoms with Crippen molar-refractivity contribution in [2.24, 2.45) is 0 Å². The number of rotatable bonds is 3. The number of aryl methyl sites for hydroxylation is 2. The Morgan fingerprint density at radius 1 is 1.14 bits per heavy atom. The zero-order chi connectivity index (χ0) is 15.4. The number of anilines is 2. The molecule has 0 spiro atoms. The Bertz CT molecular complexity index is 635. The molecule has 0 aliphatic rings. The van der Waals surface area contributed by atoms with E-state index in [1.807, 2.05) is 26.0 Å². The van der Waals surface area contributed by atoms with Crippen LogP contribution in [0.1, 0.15) is 11.1 Å². The molecule has 0 aliphatic carbocycles. The molecule has 0 unspecified atom stereocenters. The van der Waals surface area contributed by atoms with Gasteiger partial charge < -0.3 is 5.32 Å². The fourth-order valence-corrected chi connectivity index (χ4v) is 2.40. The zero-order valence-corrected chi connectivity index (χ0v) is 13.2. The third kappa shape index (κ3) is 4.31. The molecule has 0 saturated heterocycles. The summed E-state index contributed by atoms with van der Waals surface area (Å²) >= 11 is 11.4. The van der Waals surface area contributed by atoms with Crippen molar-refractivity contribution >= 4 is 40.3 Å². The Morgan fingerprint density at radius 3 is 2.43 bits per heavy atom. The summed E-state index contributed by atoms with van der Waals surface area (Å²) in [6.45, 7) is 3.94. The summed E-state index contributed by atoms with van der Waals surface area (Å²) < 4.78 is 12.8. The lowest BCUT2D eigenvalue weighted by atomic mass is 10.1. The Kier molecular flexibility index (Phi) is 4.98. The first-order chi connectivity index (χ1) is 9.95. The number of nitrogens with one attached hydrogen (secondary N) is 3. The molecule has 2 rings (SSSR count). The van der Waals surface area contributed by atoms with Gasteiger partial charge in [-0.05, 0) is 67.5 Å². The van der Waals surface area contributed by atoms with Gasteiger partial charge >= 0.3 is 0 Å². The predicted molar refractivity (Wildman–Crippen MR) is 90.3 cm³/mol. The maximum atomic E-state index is 12.8. The first kappa shape index (κ1) is 15.5. The SMILES string of the molecule is Cc1cc(C)c(NC(=S)NNc2ccc(F)cc2)c(Cl)c1. The lowest BCUT2D eigenvalue weighted by molar-refractivity contribution is 0.628. The second-order valence-corrected chi connectivity index (χ2v) is 5.47. The summed E-state index contributed by atoms with van der Waals surface area (Å²) in [6.07, 6.45) is 0. The van der Waals surface area contributed by atoms with Crippen LogP contribution in [0, 0.1) is 19.7 Å². The summed E-state index contributed by atoms with van der Waals surface area (Å²) in [5.41, 5.74) is 9.26. The number of halogens is 2. The molecule has 2 aromatic rings. The lowest BCUT2D eigenvalue weighted by Crippen LogP contribution is -2.33. The summed E-state index contributed by atoms with van der Waals surface area (Å²) in [5.74, 6) is -0.289. The van der Waals surface area contributed by atoms with Gasteiger partial charge in [-0.25, -0.2) is 4.39 Å². The van der Waals surface area contributed by atoms with Crippen LogP contribution in [-0.2, 0) is 0 Å². The molecule has 0 amide bonds. The molecule has 0 aromatic heterocycles. The van der Waals surface area contributed by atoms with Gasteiger partial charge in [-0.3, -0.25) is 10.9 Å². The predicted octanol–water partition coefficient (Wildman–Crippen LogP) is 4.41. The van der Waals surface area contributed by atoms with Crippen LogP contribution < -0.4 is 16.2 Å². The van der Waals surface area contributed by atoms with Gasteiger partial charge in [0.25, 0.3) is 0 Å². The molecule has 110 valence electrons. The summed E-state index contributed by atoms with van der Waals surface area (Å²) in [5, 5.41) is 4.02. The summed E-state index contributed by atoms with van der Waals surface area (Å²) in [7, 11) is 0. The first-order valence-corrected chi connectivity index (χ1v) is 7.09. The Balaban J connectivity index is 1.97. The van der Waals surface area contributed by atoms with E-state index < -0.39 is 0 Å². The topological polar surface area (TPSA) is 36.1 Å². The van der Waals surface area contributed by atoms with E-state index >= 15 is 0 Å². The van der Waals surface area contributed by atoms with E-state index in [0.29, 0.717) is 15.8 Å². The van der Waals surface area contributed by atoms with Crippen LogP contribution >= 0.6 is 23.8 Å². The van der Waals surface area contributed by atoms with Crippen LogP contribution in [0.2, 0.25) is 5.02 Å². The van der Waals surface area contributed by atoms with Crippen LogP contribution in [0.3, 0.4) is 0 Å². The molecule has 0 fully saturated rings. The molecule has 0 saturated carbocycles. The highest BCUT2D eigenvalue weighted by Gasteiger charge is 2.07.